The van der Waals surface area contributed by atoms with Crippen molar-refractivity contribution in [3.8, 4) is 5.88 Å². The number of nitro groups is 1. The molecule has 0 aromatic carbocycles. The highest BCUT2D eigenvalue weighted by Gasteiger charge is 2.16. The third kappa shape index (κ3) is 2.54. The second kappa shape index (κ2) is 5.13. The molecule has 0 aliphatic rings. The zero-order valence-corrected chi connectivity index (χ0v) is 9.58. The van der Waals surface area contributed by atoms with Crippen molar-refractivity contribution in [1.82, 2.24) is 15.2 Å². The second-order valence-electron chi connectivity index (χ2n) is 3.44. The van der Waals surface area contributed by atoms with Gasteiger partial charge in [0.15, 0.2) is 0 Å². The van der Waals surface area contributed by atoms with Crippen LogP contribution in [0.4, 0.5) is 11.5 Å². The Bertz CT molecular complexity index is 540. The van der Waals surface area contributed by atoms with E-state index in [2.05, 4.69) is 20.5 Å². The van der Waals surface area contributed by atoms with Gasteiger partial charge in [0.1, 0.15) is 0 Å². The van der Waals surface area contributed by atoms with Gasteiger partial charge < -0.3 is 10.1 Å². The molecule has 0 aliphatic carbocycles. The molecule has 94 valence electrons. The molecule has 2 rings (SSSR count). The topological polar surface area (TPSA) is 106 Å². The Kier molecular flexibility index (Phi) is 3.37. The fourth-order valence-corrected chi connectivity index (χ4v) is 1.39. The van der Waals surface area contributed by atoms with Crippen LogP contribution in [0.5, 0.6) is 5.88 Å². The zero-order chi connectivity index (χ0) is 13.0. The van der Waals surface area contributed by atoms with Crippen LogP contribution < -0.4 is 10.1 Å². The first-order valence-corrected chi connectivity index (χ1v) is 5.11. The molecular weight excluding hydrogens is 238 g/mol. The van der Waals surface area contributed by atoms with Crippen LogP contribution in [0.3, 0.4) is 0 Å². The molecule has 0 saturated carbocycles. The van der Waals surface area contributed by atoms with Crippen LogP contribution >= 0.6 is 0 Å². The molecule has 0 aliphatic heterocycles. The number of nitrogens with one attached hydrogen (secondary N) is 2. The number of rotatable bonds is 5. The van der Waals surface area contributed by atoms with Crippen molar-refractivity contribution < 1.29 is 9.66 Å². The third-order valence-corrected chi connectivity index (χ3v) is 2.27. The maximum absolute atomic E-state index is 10.8. The van der Waals surface area contributed by atoms with Crippen LogP contribution in [0.25, 0.3) is 0 Å². The Morgan fingerprint density at radius 2 is 2.39 bits per heavy atom. The van der Waals surface area contributed by atoms with Crippen molar-refractivity contribution in [2.45, 2.75) is 6.54 Å². The van der Waals surface area contributed by atoms with Gasteiger partial charge in [-0.15, -0.1) is 0 Å². The molecule has 0 saturated heterocycles. The number of ether oxygens (including phenoxy) is 1. The van der Waals surface area contributed by atoms with Crippen LogP contribution in [-0.4, -0.2) is 27.2 Å². The molecule has 0 radical (unpaired) electrons. The summed E-state index contributed by atoms with van der Waals surface area (Å²) in [5, 5.41) is 20.2. The SMILES string of the molecule is COc1ccc([N+](=O)[O-])c(NCc2cn[nH]c2)n1. The van der Waals surface area contributed by atoms with Crippen molar-refractivity contribution in [2.75, 3.05) is 12.4 Å². The molecule has 2 aromatic heterocycles. The molecule has 2 aromatic rings. The Balaban J connectivity index is 2.20. The Labute approximate surface area is 102 Å². The lowest BCUT2D eigenvalue weighted by Crippen LogP contribution is -2.05. The number of aromatic amines is 1. The van der Waals surface area contributed by atoms with E-state index in [1.54, 1.807) is 12.4 Å². The van der Waals surface area contributed by atoms with Gasteiger partial charge in [-0.25, -0.2) is 0 Å². The van der Waals surface area contributed by atoms with Gasteiger partial charge in [-0.05, 0) is 0 Å². The Morgan fingerprint density at radius 3 is 3.00 bits per heavy atom. The van der Waals surface area contributed by atoms with E-state index in [0.29, 0.717) is 12.4 Å². The van der Waals surface area contributed by atoms with Gasteiger partial charge in [0.25, 0.3) is 0 Å². The van der Waals surface area contributed by atoms with Gasteiger partial charge in [-0.2, -0.15) is 10.1 Å². The van der Waals surface area contributed by atoms with E-state index in [1.807, 2.05) is 0 Å². The van der Waals surface area contributed by atoms with Gasteiger partial charge in [-0.1, -0.05) is 0 Å². The summed E-state index contributed by atoms with van der Waals surface area (Å²) in [4.78, 5) is 14.4. The van der Waals surface area contributed by atoms with Crippen molar-refractivity contribution in [1.29, 1.82) is 0 Å². The number of anilines is 1. The summed E-state index contributed by atoms with van der Waals surface area (Å²) in [5.74, 6) is 0.482. The molecule has 18 heavy (non-hydrogen) atoms. The lowest BCUT2D eigenvalue weighted by atomic mass is 10.3. The van der Waals surface area contributed by atoms with E-state index in [-0.39, 0.29) is 11.5 Å². The zero-order valence-electron chi connectivity index (χ0n) is 9.58. The van der Waals surface area contributed by atoms with E-state index in [9.17, 15) is 10.1 Å². The van der Waals surface area contributed by atoms with Gasteiger partial charge in [-0.3, -0.25) is 15.2 Å². The molecule has 2 heterocycles. The maximum atomic E-state index is 10.8. The average Bonchev–Trinajstić information content (AvgIpc) is 2.88. The molecule has 0 atom stereocenters. The monoisotopic (exact) mass is 249 g/mol. The number of methoxy groups -OCH3 is 1. The molecule has 0 fully saturated rings. The van der Waals surface area contributed by atoms with Crippen molar-refractivity contribution in [3.63, 3.8) is 0 Å². The fourth-order valence-electron chi connectivity index (χ4n) is 1.39. The lowest BCUT2D eigenvalue weighted by molar-refractivity contribution is -0.384. The van der Waals surface area contributed by atoms with E-state index < -0.39 is 4.92 Å². The number of pyridine rings is 1. The summed E-state index contributed by atoms with van der Waals surface area (Å²) in [5.41, 5.74) is 0.771. The minimum Gasteiger partial charge on any atom is -0.481 e. The summed E-state index contributed by atoms with van der Waals surface area (Å²) >= 11 is 0. The highest BCUT2D eigenvalue weighted by atomic mass is 16.6. The first kappa shape index (κ1) is 11.8. The number of hydrogen-bond acceptors (Lipinski definition) is 6. The Morgan fingerprint density at radius 1 is 1.56 bits per heavy atom. The van der Waals surface area contributed by atoms with E-state index in [0.717, 1.165) is 5.56 Å². The minimum atomic E-state index is -0.496. The molecule has 8 heteroatoms. The normalized spacial score (nSPS) is 10.1. The number of H-pyrrole nitrogens is 1. The summed E-state index contributed by atoms with van der Waals surface area (Å²) in [7, 11) is 1.45. The molecule has 2 N–H and O–H groups in total. The van der Waals surface area contributed by atoms with Gasteiger partial charge in [0, 0.05) is 30.4 Å². The summed E-state index contributed by atoms with van der Waals surface area (Å²) in [6, 6.07) is 2.80. The quantitative estimate of drug-likeness (QED) is 0.611. The predicted octanol–water partition coefficient (Wildman–Crippen LogP) is 1.33. The fraction of sp³-hybridized carbons (Fsp3) is 0.200. The molecule has 0 bridgehead atoms. The van der Waals surface area contributed by atoms with Crippen molar-refractivity contribution >= 4 is 11.5 Å². The number of hydrogen-bond donors (Lipinski definition) is 2. The molecular formula is C10H11N5O3. The Hall–Kier alpha value is -2.64. The first-order chi connectivity index (χ1) is 8.70. The molecule has 0 spiro atoms. The van der Waals surface area contributed by atoms with Gasteiger partial charge in [0.05, 0.1) is 18.2 Å². The number of aromatic nitrogens is 3. The highest BCUT2D eigenvalue weighted by Crippen LogP contribution is 2.25. The van der Waals surface area contributed by atoms with Gasteiger partial charge in [0.2, 0.25) is 11.7 Å². The van der Waals surface area contributed by atoms with Crippen molar-refractivity contribution in [2.24, 2.45) is 0 Å². The standard InChI is InChI=1S/C10H11N5O3/c1-18-9-3-2-8(15(16)17)10(14-9)11-4-7-5-12-13-6-7/h2-3,5-6H,4H2,1H3,(H,11,14)(H,12,13). The number of nitrogens with zero attached hydrogens (tertiary/aromatic N) is 3. The minimum absolute atomic E-state index is 0.0979. The second-order valence-corrected chi connectivity index (χ2v) is 3.44. The summed E-state index contributed by atoms with van der Waals surface area (Å²) in [6.07, 6.45) is 3.32. The molecule has 8 nitrogen and oxygen atoms in total. The van der Waals surface area contributed by atoms with Crippen LogP contribution in [0.15, 0.2) is 24.5 Å². The van der Waals surface area contributed by atoms with E-state index >= 15 is 0 Å². The average molecular weight is 249 g/mol. The van der Waals surface area contributed by atoms with Gasteiger partial charge >= 0.3 is 5.69 Å². The smallest absolute Gasteiger partial charge is 0.311 e. The molecule has 0 unspecified atom stereocenters. The maximum Gasteiger partial charge on any atom is 0.311 e. The third-order valence-electron chi connectivity index (χ3n) is 2.27. The van der Waals surface area contributed by atoms with Crippen LogP contribution in [-0.2, 0) is 6.54 Å². The van der Waals surface area contributed by atoms with Crippen molar-refractivity contribution in [3.05, 3.63) is 40.2 Å². The predicted molar refractivity (Wildman–Crippen MR) is 63.4 cm³/mol. The largest absolute Gasteiger partial charge is 0.481 e. The summed E-state index contributed by atoms with van der Waals surface area (Å²) < 4.78 is 4.93. The van der Waals surface area contributed by atoms with Crippen LogP contribution in [0.2, 0.25) is 0 Å². The highest BCUT2D eigenvalue weighted by molar-refractivity contribution is 5.57. The van der Waals surface area contributed by atoms with E-state index in [4.69, 9.17) is 4.74 Å². The molecule has 0 amide bonds. The first-order valence-electron chi connectivity index (χ1n) is 5.11. The van der Waals surface area contributed by atoms with E-state index in [1.165, 1.54) is 19.2 Å². The summed E-state index contributed by atoms with van der Waals surface area (Å²) in [6.45, 7) is 0.386. The van der Waals surface area contributed by atoms with Crippen LogP contribution in [0.1, 0.15) is 5.56 Å². The lowest BCUT2D eigenvalue weighted by Gasteiger charge is -2.06. The van der Waals surface area contributed by atoms with Crippen LogP contribution in [0, 0.1) is 10.1 Å².